The van der Waals surface area contributed by atoms with E-state index in [9.17, 15) is 14.7 Å². The normalized spacial score (nSPS) is 35.7. The summed E-state index contributed by atoms with van der Waals surface area (Å²) in [5.74, 6) is 0.0126. The highest BCUT2D eigenvalue weighted by Gasteiger charge is 2.47. The van der Waals surface area contributed by atoms with Crippen LogP contribution in [0.15, 0.2) is 0 Å². The Morgan fingerprint density at radius 3 is 2.18 bits per heavy atom. The molecule has 1 N–H and O–H groups in total. The van der Waals surface area contributed by atoms with Crippen LogP contribution in [0.3, 0.4) is 0 Å². The van der Waals surface area contributed by atoms with Crippen molar-refractivity contribution < 1.29 is 14.7 Å². The second-order valence-corrected chi connectivity index (χ2v) is 5.90. The molecule has 0 aromatic heterocycles. The van der Waals surface area contributed by atoms with E-state index in [0.29, 0.717) is 0 Å². The third-order valence-corrected chi connectivity index (χ3v) is 4.65. The van der Waals surface area contributed by atoms with Crippen molar-refractivity contribution in [3.8, 4) is 0 Å². The van der Waals surface area contributed by atoms with Gasteiger partial charge in [0.05, 0.1) is 12.1 Å². The van der Waals surface area contributed by atoms with E-state index in [2.05, 4.69) is 0 Å². The number of likely N-dealkylation sites (tertiary alicyclic amines) is 1. The molecule has 2 amide bonds. The van der Waals surface area contributed by atoms with Crippen LogP contribution >= 0.6 is 0 Å². The Bertz CT molecular complexity index is 338. The molecule has 3 rings (SSSR count). The van der Waals surface area contributed by atoms with E-state index < -0.39 is 5.60 Å². The van der Waals surface area contributed by atoms with Gasteiger partial charge in [-0.05, 0) is 32.1 Å². The van der Waals surface area contributed by atoms with Crippen LogP contribution in [0.1, 0.15) is 44.9 Å². The van der Waals surface area contributed by atoms with Gasteiger partial charge >= 0.3 is 0 Å². The molecule has 2 unspecified atom stereocenters. The van der Waals surface area contributed by atoms with Crippen molar-refractivity contribution in [2.75, 3.05) is 6.54 Å². The van der Waals surface area contributed by atoms with Crippen molar-refractivity contribution in [2.45, 2.75) is 50.5 Å². The Morgan fingerprint density at radius 2 is 1.65 bits per heavy atom. The fourth-order valence-electron chi connectivity index (χ4n) is 3.62. The summed E-state index contributed by atoms with van der Waals surface area (Å²) in [6, 6.07) is 0. The van der Waals surface area contributed by atoms with Gasteiger partial charge in [0.25, 0.3) is 0 Å². The molecule has 2 atom stereocenters. The fourth-order valence-corrected chi connectivity index (χ4v) is 3.62. The van der Waals surface area contributed by atoms with Crippen LogP contribution in [0.25, 0.3) is 0 Å². The lowest BCUT2D eigenvalue weighted by Gasteiger charge is -2.35. The van der Waals surface area contributed by atoms with Crippen LogP contribution in [-0.2, 0) is 9.59 Å². The number of β-amino-alcohol motifs (C(OH)–C–C–N with tert-alkyl or cyclic N) is 1. The highest BCUT2D eigenvalue weighted by molar-refractivity contribution is 6.00. The van der Waals surface area contributed by atoms with Gasteiger partial charge in [0.15, 0.2) is 0 Å². The summed E-state index contributed by atoms with van der Waals surface area (Å²) >= 11 is 0. The average Bonchev–Trinajstić information content (AvgIpc) is 2.90. The van der Waals surface area contributed by atoms with E-state index in [1.165, 1.54) is 4.90 Å². The maximum absolute atomic E-state index is 12.1. The van der Waals surface area contributed by atoms with Crippen molar-refractivity contribution in [3.05, 3.63) is 0 Å². The number of hydrogen-bond donors (Lipinski definition) is 1. The molecule has 17 heavy (non-hydrogen) atoms. The zero-order chi connectivity index (χ0) is 12.0. The largest absolute Gasteiger partial charge is 0.388 e. The standard InChI is InChI=1S/C13H19NO3/c15-11-9-3-4-10(7-9)12(16)14(11)8-13(17)5-1-2-6-13/h9-10,17H,1-8H2. The Hall–Kier alpha value is -0.900. The van der Waals surface area contributed by atoms with Gasteiger partial charge in [0.1, 0.15) is 0 Å². The highest BCUT2D eigenvalue weighted by Crippen LogP contribution is 2.40. The summed E-state index contributed by atoms with van der Waals surface area (Å²) in [4.78, 5) is 25.6. The highest BCUT2D eigenvalue weighted by atomic mass is 16.3. The maximum Gasteiger partial charge on any atom is 0.232 e. The molecule has 3 aliphatic rings. The maximum atomic E-state index is 12.1. The molecule has 4 nitrogen and oxygen atoms in total. The molecule has 0 aromatic rings. The second-order valence-electron chi connectivity index (χ2n) is 5.90. The zero-order valence-corrected chi connectivity index (χ0v) is 10.0. The molecule has 0 spiro atoms. The summed E-state index contributed by atoms with van der Waals surface area (Å²) in [7, 11) is 0. The SMILES string of the molecule is O=C1C2CCC(C2)C(=O)N1CC1(O)CCCC1. The monoisotopic (exact) mass is 237 g/mol. The number of imide groups is 1. The van der Waals surface area contributed by atoms with Crippen LogP contribution in [0, 0.1) is 11.8 Å². The molecule has 3 fully saturated rings. The first kappa shape index (κ1) is 11.2. The fraction of sp³-hybridized carbons (Fsp3) is 0.846. The van der Waals surface area contributed by atoms with E-state index >= 15 is 0 Å². The smallest absolute Gasteiger partial charge is 0.232 e. The minimum Gasteiger partial charge on any atom is -0.388 e. The zero-order valence-electron chi connectivity index (χ0n) is 10.0. The minimum atomic E-state index is -0.803. The van der Waals surface area contributed by atoms with Crippen LogP contribution in [-0.4, -0.2) is 34.0 Å². The lowest BCUT2D eigenvalue weighted by Crippen LogP contribution is -2.52. The molecule has 1 saturated heterocycles. The van der Waals surface area contributed by atoms with Gasteiger partial charge in [-0.25, -0.2) is 0 Å². The first-order chi connectivity index (χ1) is 8.09. The van der Waals surface area contributed by atoms with Crippen molar-refractivity contribution in [3.63, 3.8) is 0 Å². The number of hydrogen-bond acceptors (Lipinski definition) is 3. The van der Waals surface area contributed by atoms with Gasteiger partial charge in [-0.2, -0.15) is 0 Å². The third kappa shape index (κ3) is 1.79. The van der Waals surface area contributed by atoms with E-state index in [1.807, 2.05) is 0 Å². The summed E-state index contributed by atoms with van der Waals surface area (Å²) in [5, 5.41) is 10.3. The van der Waals surface area contributed by atoms with Crippen molar-refractivity contribution in [2.24, 2.45) is 11.8 Å². The summed E-state index contributed by atoms with van der Waals surface area (Å²) in [6.07, 6.45) is 5.89. The molecule has 2 bridgehead atoms. The number of carbonyl (C=O) groups excluding carboxylic acids is 2. The van der Waals surface area contributed by atoms with Gasteiger partial charge in [-0.15, -0.1) is 0 Å². The number of nitrogens with zero attached hydrogens (tertiary/aromatic N) is 1. The van der Waals surface area contributed by atoms with E-state index in [-0.39, 0.29) is 30.2 Å². The number of rotatable bonds is 2. The Balaban J connectivity index is 1.77. The Labute approximate surface area is 101 Å². The first-order valence-electron chi connectivity index (χ1n) is 6.67. The molecule has 0 aromatic carbocycles. The topological polar surface area (TPSA) is 57.6 Å². The number of carbonyl (C=O) groups is 2. The van der Waals surface area contributed by atoms with Gasteiger partial charge in [-0.3, -0.25) is 14.5 Å². The molecule has 1 aliphatic heterocycles. The minimum absolute atomic E-state index is 0.0379. The second kappa shape index (κ2) is 3.80. The van der Waals surface area contributed by atoms with Crippen molar-refractivity contribution >= 4 is 11.8 Å². The summed E-state index contributed by atoms with van der Waals surface area (Å²) < 4.78 is 0. The molecule has 2 saturated carbocycles. The van der Waals surface area contributed by atoms with Gasteiger partial charge in [0, 0.05) is 11.8 Å². The van der Waals surface area contributed by atoms with Crippen LogP contribution in [0.2, 0.25) is 0 Å². The van der Waals surface area contributed by atoms with E-state index in [0.717, 1.165) is 44.9 Å². The average molecular weight is 237 g/mol. The van der Waals surface area contributed by atoms with Crippen molar-refractivity contribution in [1.29, 1.82) is 0 Å². The Kier molecular flexibility index (Phi) is 2.51. The Morgan fingerprint density at radius 1 is 1.12 bits per heavy atom. The molecule has 2 aliphatic carbocycles. The molecule has 1 heterocycles. The number of amides is 2. The van der Waals surface area contributed by atoms with E-state index in [1.54, 1.807) is 0 Å². The van der Waals surface area contributed by atoms with Crippen LogP contribution in [0.4, 0.5) is 0 Å². The molecular weight excluding hydrogens is 218 g/mol. The lowest BCUT2D eigenvalue weighted by atomic mass is 9.94. The lowest BCUT2D eigenvalue weighted by molar-refractivity contribution is -0.157. The first-order valence-corrected chi connectivity index (χ1v) is 6.67. The van der Waals surface area contributed by atoms with Crippen molar-refractivity contribution in [1.82, 2.24) is 4.90 Å². The van der Waals surface area contributed by atoms with Crippen LogP contribution in [0.5, 0.6) is 0 Å². The quantitative estimate of drug-likeness (QED) is 0.731. The van der Waals surface area contributed by atoms with Gasteiger partial charge in [0.2, 0.25) is 11.8 Å². The van der Waals surface area contributed by atoms with E-state index in [4.69, 9.17) is 0 Å². The number of piperidine rings is 1. The molecular formula is C13H19NO3. The molecule has 0 radical (unpaired) electrons. The van der Waals surface area contributed by atoms with Gasteiger partial charge in [-0.1, -0.05) is 12.8 Å². The molecule has 4 heteroatoms. The van der Waals surface area contributed by atoms with Crippen LogP contribution < -0.4 is 0 Å². The predicted octanol–water partition coefficient (Wildman–Crippen LogP) is 1.08. The number of aliphatic hydroxyl groups is 1. The predicted molar refractivity (Wildman–Crippen MR) is 61.0 cm³/mol. The number of fused-ring (bicyclic) bond motifs is 2. The molecule has 94 valence electrons. The summed E-state index contributed by atoms with van der Waals surface area (Å²) in [6.45, 7) is 0.234. The third-order valence-electron chi connectivity index (χ3n) is 4.65. The summed E-state index contributed by atoms with van der Waals surface area (Å²) in [5.41, 5.74) is -0.803. The van der Waals surface area contributed by atoms with Gasteiger partial charge < -0.3 is 5.11 Å².